The number of halogens is 1. The van der Waals surface area contributed by atoms with Crippen molar-refractivity contribution < 1.29 is 4.74 Å². The van der Waals surface area contributed by atoms with Gasteiger partial charge in [0.05, 0.1) is 5.38 Å². The zero-order valence-corrected chi connectivity index (χ0v) is 13.5. The number of hydrogen-bond acceptors (Lipinski definition) is 1. The Balaban J connectivity index is 1.83. The van der Waals surface area contributed by atoms with Gasteiger partial charge in [-0.15, -0.1) is 11.6 Å². The third-order valence-electron chi connectivity index (χ3n) is 4.26. The Bertz CT molecular complexity index is 402. The molecule has 0 saturated carbocycles. The van der Waals surface area contributed by atoms with Gasteiger partial charge in [0.2, 0.25) is 0 Å². The van der Waals surface area contributed by atoms with Gasteiger partial charge in [0.1, 0.15) is 0 Å². The normalized spacial score (nSPS) is 22.6. The van der Waals surface area contributed by atoms with E-state index in [1.165, 1.54) is 30.4 Å². The molecule has 0 saturated heterocycles. The topological polar surface area (TPSA) is 9.23 Å². The van der Waals surface area contributed by atoms with Gasteiger partial charge in [0.15, 0.2) is 0 Å². The number of fused-ring (bicyclic) bond motifs is 1. The maximum Gasteiger partial charge on any atom is 0.0616 e. The number of hydrogen-bond donors (Lipinski definition) is 0. The summed E-state index contributed by atoms with van der Waals surface area (Å²) in [7, 11) is 0. The van der Waals surface area contributed by atoms with Crippen molar-refractivity contribution in [2.45, 2.75) is 51.3 Å². The van der Waals surface area contributed by atoms with Crippen LogP contribution in [0.5, 0.6) is 0 Å². The Hall–Kier alpha value is -0.530. The predicted molar refractivity (Wildman–Crippen MR) is 86.4 cm³/mol. The van der Waals surface area contributed by atoms with Crippen molar-refractivity contribution in [3.8, 4) is 0 Å². The lowest BCUT2D eigenvalue weighted by molar-refractivity contribution is 0.109. The molecule has 112 valence electrons. The van der Waals surface area contributed by atoms with Crippen LogP contribution in [0.1, 0.15) is 56.0 Å². The molecule has 0 radical (unpaired) electrons. The van der Waals surface area contributed by atoms with Crippen molar-refractivity contribution >= 4 is 11.6 Å². The number of alkyl halides is 1. The van der Waals surface area contributed by atoms with Gasteiger partial charge < -0.3 is 4.74 Å². The first-order valence-electron chi connectivity index (χ1n) is 7.98. The summed E-state index contributed by atoms with van der Waals surface area (Å²) in [6.45, 7) is 6.21. The van der Waals surface area contributed by atoms with Crippen LogP contribution in [-0.2, 0) is 11.2 Å². The molecular weight excluding hydrogens is 268 g/mol. The van der Waals surface area contributed by atoms with E-state index < -0.39 is 0 Å². The summed E-state index contributed by atoms with van der Waals surface area (Å²) in [5.74, 6) is 1.28. The summed E-state index contributed by atoms with van der Waals surface area (Å²) in [6, 6.07) is 8.66. The molecule has 0 aromatic heterocycles. The zero-order valence-electron chi connectivity index (χ0n) is 12.8. The minimum absolute atomic E-state index is 0.155. The lowest BCUT2D eigenvalue weighted by Gasteiger charge is -2.21. The molecule has 0 bridgehead atoms. The van der Waals surface area contributed by atoms with Gasteiger partial charge in [-0.2, -0.15) is 0 Å². The van der Waals surface area contributed by atoms with Gasteiger partial charge in [-0.3, -0.25) is 0 Å². The highest BCUT2D eigenvalue weighted by Crippen LogP contribution is 2.39. The number of ether oxygens (including phenoxy) is 1. The molecule has 1 aliphatic carbocycles. The average molecular weight is 295 g/mol. The van der Waals surface area contributed by atoms with Crippen LogP contribution in [0.4, 0.5) is 0 Å². The highest BCUT2D eigenvalue weighted by Gasteiger charge is 2.25. The second-order valence-electron chi connectivity index (χ2n) is 6.34. The van der Waals surface area contributed by atoms with E-state index >= 15 is 0 Å². The van der Waals surface area contributed by atoms with Crippen LogP contribution in [0, 0.1) is 11.8 Å². The Labute approximate surface area is 128 Å². The summed E-state index contributed by atoms with van der Waals surface area (Å²) in [5.41, 5.74) is 2.79. The van der Waals surface area contributed by atoms with Gasteiger partial charge in [0, 0.05) is 13.2 Å². The van der Waals surface area contributed by atoms with Gasteiger partial charge in [-0.05, 0) is 55.1 Å². The quantitative estimate of drug-likeness (QED) is 0.389. The van der Waals surface area contributed by atoms with Crippen LogP contribution in [0.25, 0.3) is 0 Å². The molecule has 20 heavy (non-hydrogen) atoms. The van der Waals surface area contributed by atoms with Crippen LogP contribution >= 0.6 is 11.6 Å². The highest BCUT2D eigenvalue weighted by atomic mass is 35.5. The summed E-state index contributed by atoms with van der Waals surface area (Å²) in [4.78, 5) is 0. The van der Waals surface area contributed by atoms with E-state index in [2.05, 4.69) is 38.1 Å². The fourth-order valence-electron chi connectivity index (χ4n) is 2.93. The fraction of sp³-hybridized carbons (Fsp3) is 0.667. The van der Waals surface area contributed by atoms with E-state index in [1.54, 1.807) is 0 Å². The smallest absolute Gasteiger partial charge is 0.0616 e. The van der Waals surface area contributed by atoms with Crippen LogP contribution in [0.3, 0.4) is 0 Å². The number of rotatable bonds is 6. The SMILES string of the molecule is CC(C)CCOCCC1CCCc2ccccc2C1Cl. The molecule has 0 N–H and O–H groups in total. The van der Waals surface area contributed by atoms with E-state index in [-0.39, 0.29) is 5.38 Å². The predicted octanol–water partition coefficient (Wildman–Crippen LogP) is 5.37. The molecule has 2 unspecified atom stereocenters. The lowest BCUT2D eigenvalue weighted by atomic mass is 9.93. The maximum absolute atomic E-state index is 6.73. The summed E-state index contributed by atoms with van der Waals surface area (Å²) < 4.78 is 5.77. The monoisotopic (exact) mass is 294 g/mol. The molecule has 2 heteroatoms. The molecule has 0 aliphatic heterocycles. The van der Waals surface area contributed by atoms with Gasteiger partial charge in [-0.25, -0.2) is 0 Å². The van der Waals surface area contributed by atoms with Crippen molar-refractivity contribution in [3.63, 3.8) is 0 Å². The third kappa shape index (κ3) is 4.49. The van der Waals surface area contributed by atoms with Crippen molar-refractivity contribution in [1.82, 2.24) is 0 Å². The van der Waals surface area contributed by atoms with Crippen molar-refractivity contribution in [2.24, 2.45) is 11.8 Å². The van der Waals surface area contributed by atoms with Crippen molar-refractivity contribution in [1.29, 1.82) is 0 Å². The second kappa shape index (κ2) is 8.05. The lowest BCUT2D eigenvalue weighted by Crippen LogP contribution is -2.11. The standard InChI is InChI=1S/C18H27ClO/c1-14(2)10-12-20-13-11-16-8-5-7-15-6-3-4-9-17(15)18(16)19/h3-4,6,9,14,16,18H,5,7-8,10-13H2,1-2H3. The Morgan fingerprint density at radius 3 is 2.85 bits per heavy atom. The molecule has 0 fully saturated rings. The highest BCUT2D eigenvalue weighted by molar-refractivity contribution is 6.21. The molecule has 0 spiro atoms. The van der Waals surface area contributed by atoms with Crippen molar-refractivity contribution in [2.75, 3.05) is 13.2 Å². The fourth-order valence-corrected chi connectivity index (χ4v) is 3.40. The minimum Gasteiger partial charge on any atom is -0.381 e. The molecule has 1 nitrogen and oxygen atoms in total. The third-order valence-corrected chi connectivity index (χ3v) is 4.85. The Kier molecular flexibility index (Phi) is 6.38. The average Bonchev–Trinajstić information content (AvgIpc) is 2.59. The first kappa shape index (κ1) is 15.9. The van der Waals surface area contributed by atoms with E-state index in [4.69, 9.17) is 16.3 Å². The number of benzene rings is 1. The molecule has 1 aliphatic rings. The van der Waals surface area contributed by atoms with E-state index in [0.717, 1.165) is 32.0 Å². The summed E-state index contributed by atoms with van der Waals surface area (Å²) in [6.07, 6.45) is 5.87. The molecule has 1 aromatic rings. The molecule has 2 atom stereocenters. The molecule has 0 amide bonds. The van der Waals surface area contributed by atoms with E-state index in [1.807, 2.05) is 0 Å². The first-order chi connectivity index (χ1) is 9.68. The van der Waals surface area contributed by atoms with Crippen molar-refractivity contribution in [3.05, 3.63) is 35.4 Å². The zero-order chi connectivity index (χ0) is 14.4. The largest absolute Gasteiger partial charge is 0.381 e. The molecular formula is C18H27ClO. The van der Waals surface area contributed by atoms with E-state index in [9.17, 15) is 0 Å². The Morgan fingerprint density at radius 1 is 1.25 bits per heavy atom. The van der Waals surface area contributed by atoms with Crippen LogP contribution in [0.15, 0.2) is 24.3 Å². The molecule has 2 rings (SSSR count). The van der Waals surface area contributed by atoms with E-state index in [0.29, 0.717) is 5.92 Å². The van der Waals surface area contributed by atoms with Crippen LogP contribution in [-0.4, -0.2) is 13.2 Å². The van der Waals surface area contributed by atoms with Gasteiger partial charge in [-0.1, -0.05) is 38.1 Å². The van der Waals surface area contributed by atoms with Gasteiger partial charge in [0.25, 0.3) is 0 Å². The maximum atomic E-state index is 6.73. The van der Waals surface area contributed by atoms with Crippen LogP contribution in [0.2, 0.25) is 0 Å². The number of aryl methyl sites for hydroxylation is 1. The second-order valence-corrected chi connectivity index (χ2v) is 6.81. The minimum atomic E-state index is 0.155. The first-order valence-corrected chi connectivity index (χ1v) is 8.41. The van der Waals surface area contributed by atoms with Gasteiger partial charge >= 0.3 is 0 Å². The molecule has 1 aromatic carbocycles. The summed E-state index contributed by atoms with van der Waals surface area (Å²) in [5, 5.41) is 0.155. The van der Waals surface area contributed by atoms with Crippen LogP contribution < -0.4 is 0 Å². The molecule has 0 heterocycles. The Morgan fingerprint density at radius 2 is 2.05 bits per heavy atom. The summed E-state index contributed by atoms with van der Waals surface area (Å²) >= 11 is 6.73.